The molecule has 1 aliphatic rings. The van der Waals surface area contributed by atoms with Crippen molar-refractivity contribution < 1.29 is 49.3 Å². The van der Waals surface area contributed by atoms with Gasteiger partial charge >= 0.3 is 5.97 Å². The van der Waals surface area contributed by atoms with Crippen LogP contribution in [0.1, 0.15) is 418 Å². The average molecular weight is 1330 g/mol. The van der Waals surface area contributed by atoms with Crippen molar-refractivity contribution in [2.75, 3.05) is 19.8 Å². The lowest BCUT2D eigenvalue weighted by Gasteiger charge is -2.40. The second kappa shape index (κ2) is 72.1. The lowest BCUT2D eigenvalue weighted by Crippen LogP contribution is -2.60. The van der Waals surface area contributed by atoms with Crippen LogP contribution in [0.5, 0.6) is 0 Å². The molecule has 1 saturated heterocycles. The summed E-state index contributed by atoms with van der Waals surface area (Å²) in [5.74, 6) is -0.158. The van der Waals surface area contributed by atoms with Crippen LogP contribution in [0.3, 0.4) is 0 Å². The van der Waals surface area contributed by atoms with Crippen LogP contribution in [0.15, 0.2) is 36.5 Å². The van der Waals surface area contributed by atoms with Crippen molar-refractivity contribution in [1.82, 2.24) is 5.32 Å². The topological polar surface area (TPSA) is 175 Å². The zero-order valence-electron chi connectivity index (χ0n) is 62.0. The van der Waals surface area contributed by atoms with Crippen molar-refractivity contribution in [3.63, 3.8) is 0 Å². The summed E-state index contributed by atoms with van der Waals surface area (Å²) in [7, 11) is 0. The molecule has 1 rings (SSSR count). The molecule has 1 aliphatic heterocycles. The summed E-state index contributed by atoms with van der Waals surface area (Å²) in [4.78, 5) is 25.2. The van der Waals surface area contributed by atoms with Gasteiger partial charge in [-0.05, 0) is 64.2 Å². The van der Waals surface area contributed by atoms with Gasteiger partial charge in [0.15, 0.2) is 6.29 Å². The van der Waals surface area contributed by atoms with Gasteiger partial charge in [-0.2, -0.15) is 0 Å². The van der Waals surface area contributed by atoms with Crippen LogP contribution in [-0.2, 0) is 23.8 Å². The number of carbonyl (C=O) groups excluding carboxylic acids is 2. The van der Waals surface area contributed by atoms with Crippen LogP contribution in [0, 0.1) is 0 Å². The van der Waals surface area contributed by atoms with Crippen LogP contribution in [0.2, 0.25) is 0 Å². The predicted molar refractivity (Wildman–Crippen MR) is 398 cm³/mol. The Labute approximate surface area is 581 Å². The third-order valence-electron chi connectivity index (χ3n) is 19.7. The Morgan fingerprint density at radius 2 is 0.713 bits per heavy atom. The molecule has 0 aromatic rings. The SMILES string of the molecule is CCCCCCCCCCC/C=C/C(O)C(COC1OC(CO)C(O)C(O)C1O)NC(=O)CCCCCCCCCCCCCCCCCCC/C=C\C/C=C\CCCCCCCCCCCCCCCCCOC(=O)CCCCCCCCCCCCCCCCCC. The molecule has 0 aromatic heterocycles. The molecule has 6 N–H and O–H groups in total. The van der Waals surface area contributed by atoms with Gasteiger partial charge in [0, 0.05) is 12.8 Å². The monoisotopic (exact) mass is 1330 g/mol. The molecule has 0 radical (unpaired) electrons. The first-order valence-electron chi connectivity index (χ1n) is 41.3. The number of allylic oxidation sites excluding steroid dienone is 5. The minimum atomic E-state index is -1.57. The highest BCUT2D eigenvalue weighted by molar-refractivity contribution is 5.76. The average Bonchev–Trinajstić information content (AvgIpc) is 1.04. The molecule has 7 unspecified atom stereocenters. The minimum Gasteiger partial charge on any atom is -0.466 e. The predicted octanol–water partition coefficient (Wildman–Crippen LogP) is 22.5. The van der Waals surface area contributed by atoms with Crippen molar-refractivity contribution in [1.29, 1.82) is 0 Å². The Morgan fingerprint density at radius 3 is 1.07 bits per heavy atom. The van der Waals surface area contributed by atoms with E-state index in [9.17, 15) is 35.1 Å². The fourth-order valence-corrected chi connectivity index (χ4v) is 13.3. The Morgan fingerprint density at radius 1 is 0.394 bits per heavy atom. The molecule has 1 amide bonds. The number of carbonyl (C=O) groups is 2. The number of aliphatic hydroxyl groups is 5. The first-order chi connectivity index (χ1) is 46.2. The maximum absolute atomic E-state index is 13.1. The lowest BCUT2D eigenvalue weighted by molar-refractivity contribution is -0.302. The number of unbranched alkanes of at least 4 members (excludes halogenated alkanes) is 56. The van der Waals surface area contributed by atoms with Crippen LogP contribution in [-0.4, -0.2) is 100 Å². The molecule has 0 aromatic carbocycles. The molecule has 0 aliphatic carbocycles. The van der Waals surface area contributed by atoms with Crippen LogP contribution >= 0.6 is 0 Å². The van der Waals surface area contributed by atoms with Gasteiger partial charge in [0.25, 0.3) is 0 Å². The third kappa shape index (κ3) is 59.9. The van der Waals surface area contributed by atoms with Crippen molar-refractivity contribution in [3.8, 4) is 0 Å². The molecule has 0 spiro atoms. The Hall–Kier alpha value is -2.12. The Kier molecular flexibility index (Phi) is 69.0. The van der Waals surface area contributed by atoms with E-state index >= 15 is 0 Å². The Bertz CT molecular complexity index is 1660. The van der Waals surface area contributed by atoms with Crippen LogP contribution in [0.25, 0.3) is 0 Å². The zero-order chi connectivity index (χ0) is 67.9. The summed E-state index contributed by atoms with van der Waals surface area (Å²) in [5.41, 5.74) is 0. The van der Waals surface area contributed by atoms with Crippen molar-refractivity contribution in [2.24, 2.45) is 0 Å². The quantitative estimate of drug-likeness (QED) is 0.0195. The summed E-state index contributed by atoms with van der Waals surface area (Å²) in [6.07, 6.45) is 84.8. The van der Waals surface area contributed by atoms with Crippen LogP contribution < -0.4 is 5.32 Å². The normalized spacial score (nSPS) is 17.5. The molecule has 94 heavy (non-hydrogen) atoms. The van der Waals surface area contributed by atoms with Crippen molar-refractivity contribution in [2.45, 2.75) is 461 Å². The Balaban J connectivity index is 1.87. The standard InChI is InChI=1S/C83H157NO10/c1-3-5-7-9-11-13-15-16-17-44-47-51-55-59-63-67-71-79(88)92-72-68-64-60-56-52-48-45-42-40-38-36-34-32-30-28-26-24-22-20-18-19-21-23-25-27-29-31-33-35-37-39-41-43-46-50-54-58-62-66-70-78(87)84-75(74-93-83-82(91)81(90)80(89)77(73-85)94-83)76(86)69-65-61-57-53-49-14-12-10-8-6-4-2/h18-19,22,24,65,69,75-77,80-83,85-86,89-91H,3-17,20-21,23,25-64,66-68,70-74H2,1-2H3,(H,84,87)/b19-18-,24-22-,69-65+. The van der Waals surface area contributed by atoms with E-state index in [2.05, 4.69) is 43.5 Å². The number of rotatable bonds is 74. The summed E-state index contributed by atoms with van der Waals surface area (Å²) in [5, 5.41) is 54.5. The van der Waals surface area contributed by atoms with Crippen molar-refractivity contribution >= 4 is 11.9 Å². The number of hydrogen-bond acceptors (Lipinski definition) is 10. The molecule has 11 heteroatoms. The highest BCUT2D eigenvalue weighted by atomic mass is 16.7. The number of aliphatic hydroxyl groups excluding tert-OH is 5. The number of esters is 1. The fourth-order valence-electron chi connectivity index (χ4n) is 13.3. The van der Waals surface area contributed by atoms with Gasteiger partial charge in [0.2, 0.25) is 5.91 Å². The summed E-state index contributed by atoms with van der Waals surface area (Å²) < 4.78 is 16.8. The zero-order valence-corrected chi connectivity index (χ0v) is 62.0. The maximum Gasteiger partial charge on any atom is 0.305 e. The van der Waals surface area contributed by atoms with Gasteiger partial charge in [-0.25, -0.2) is 0 Å². The lowest BCUT2D eigenvalue weighted by atomic mass is 9.99. The van der Waals surface area contributed by atoms with E-state index in [1.54, 1.807) is 6.08 Å². The van der Waals surface area contributed by atoms with E-state index in [-0.39, 0.29) is 18.5 Å². The van der Waals surface area contributed by atoms with Gasteiger partial charge in [-0.1, -0.05) is 378 Å². The van der Waals surface area contributed by atoms with E-state index in [0.29, 0.717) is 19.4 Å². The number of amides is 1. The number of hydrogen-bond donors (Lipinski definition) is 6. The molecule has 11 nitrogen and oxygen atoms in total. The fraction of sp³-hybridized carbons (Fsp3) is 0.904. The summed E-state index contributed by atoms with van der Waals surface area (Å²) in [6, 6.07) is -0.807. The van der Waals surface area contributed by atoms with Crippen molar-refractivity contribution in [3.05, 3.63) is 36.5 Å². The third-order valence-corrected chi connectivity index (χ3v) is 19.7. The number of ether oxygens (including phenoxy) is 3. The molecular weight excluding hydrogens is 1170 g/mol. The highest BCUT2D eigenvalue weighted by Crippen LogP contribution is 2.24. The van der Waals surface area contributed by atoms with Gasteiger partial charge < -0.3 is 45.1 Å². The highest BCUT2D eigenvalue weighted by Gasteiger charge is 2.44. The largest absolute Gasteiger partial charge is 0.466 e. The molecule has 7 atom stereocenters. The first kappa shape index (κ1) is 89.9. The van der Waals surface area contributed by atoms with Gasteiger partial charge in [-0.15, -0.1) is 0 Å². The van der Waals surface area contributed by atoms with E-state index in [0.717, 1.165) is 57.8 Å². The van der Waals surface area contributed by atoms with Crippen LogP contribution in [0.4, 0.5) is 0 Å². The molecule has 0 saturated carbocycles. The summed E-state index contributed by atoms with van der Waals surface area (Å²) >= 11 is 0. The smallest absolute Gasteiger partial charge is 0.305 e. The first-order valence-corrected chi connectivity index (χ1v) is 41.3. The van der Waals surface area contributed by atoms with Gasteiger partial charge in [0.05, 0.1) is 32.0 Å². The molecule has 0 bridgehead atoms. The van der Waals surface area contributed by atoms with E-state index in [1.807, 2.05) is 6.08 Å². The minimum absolute atomic E-state index is 0.0188. The second-order valence-electron chi connectivity index (χ2n) is 28.8. The van der Waals surface area contributed by atoms with E-state index in [4.69, 9.17) is 14.2 Å². The maximum atomic E-state index is 13.1. The van der Waals surface area contributed by atoms with Gasteiger partial charge in [-0.3, -0.25) is 9.59 Å². The molecule has 554 valence electrons. The number of nitrogens with one attached hydrogen (secondary N) is 1. The second-order valence-corrected chi connectivity index (χ2v) is 28.8. The van der Waals surface area contributed by atoms with Gasteiger partial charge in [0.1, 0.15) is 24.4 Å². The van der Waals surface area contributed by atoms with E-state index < -0.39 is 49.5 Å². The van der Waals surface area contributed by atoms with E-state index in [1.165, 1.54) is 334 Å². The molecular formula is C83H157NO10. The molecule has 1 fully saturated rings. The molecule has 1 heterocycles. The summed E-state index contributed by atoms with van der Waals surface area (Å²) in [6.45, 7) is 4.39.